The Morgan fingerprint density at radius 2 is 2.16 bits per heavy atom. The monoisotopic (exact) mass is 268 g/mol. The first kappa shape index (κ1) is 15.5. The Hall–Kier alpha value is -1.59. The van der Waals surface area contributed by atoms with E-state index in [1.165, 1.54) is 0 Å². The lowest BCUT2D eigenvalue weighted by molar-refractivity contribution is -0.244. The van der Waals surface area contributed by atoms with Gasteiger partial charge in [-0.15, -0.1) is 0 Å². The highest BCUT2D eigenvalue weighted by Crippen LogP contribution is 2.14. The first-order valence-electron chi connectivity index (χ1n) is 6.26. The van der Waals surface area contributed by atoms with Crippen LogP contribution >= 0.6 is 0 Å². The fourth-order valence-corrected chi connectivity index (χ4v) is 1.35. The largest absolute Gasteiger partial charge is 0.494 e. The van der Waals surface area contributed by atoms with Gasteiger partial charge in [0.1, 0.15) is 5.75 Å². The van der Waals surface area contributed by atoms with Crippen LogP contribution in [0.5, 0.6) is 5.75 Å². The molecule has 1 aromatic rings. The molecule has 0 saturated carbocycles. The maximum atomic E-state index is 11.7. The molecule has 0 saturated heterocycles. The summed E-state index contributed by atoms with van der Waals surface area (Å²) in [7, 11) is 1.62. The number of carbonyl (C=O) groups excluding carboxylic acids is 1. The van der Waals surface area contributed by atoms with E-state index in [1.807, 2.05) is 13.8 Å². The van der Waals surface area contributed by atoms with Gasteiger partial charge in [0, 0.05) is 13.5 Å². The number of benzene rings is 1. The SMILES string of the molecule is CCOc1cccc(C(=O)OOCCC(C)OC)c1. The normalized spacial score (nSPS) is 11.9. The molecular weight excluding hydrogens is 248 g/mol. The molecule has 0 spiro atoms. The Labute approximate surface area is 113 Å². The number of carbonyl (C=O) groups is 1. The molecule has 0 aromatic heterocycles. The maximum Gasteiger partial charge on any atom is 0.373 e. The summed E-state index contributed by atoms with van der Waals surface area (Å²) in [6, 6.07) is 6.77. The van der Waals surface area contributed by atoms with Crippen LogP contribution in [-0.2, 0) is 14.5 Å². The van der Waals surface area contributed by atoms with Crippen LogP contribution in [-0.4, -0.2) is 32.4 Å². The molecule has 1 atom stereocenters. The highest BCUT2D eigenvalue weighted by molar-refractivity contribution is 5.89. The fraction of sp³-hybridized carbons (Fsp3) is 0.500. The van der Waals surface area contributed by atoms with E-state index >= 15 is 0 Å². The zero-order valence-electron chi connectivity index (χ0n) is 11.5. The minimum Gasteiger partial charge on any atom is -0.494 e. The van der Waals surface area contributed by atoms with Crippen molar-refractivity contribution in [2.45, 2.75) is 26.4 Å². The summed E-state index contributed by atoms with van der Waals surface area (Å²) in [5, 5.41) is 0. The van der Waals surface area contributed by atoms with Gasteiger partial charge in [-0.25, -0.2) is 4.79 Å². The molecular formula is C14H20O5. The average molecular weight is 268 g/mol. The molecule has 5 nitrogen and oxygen atoms in total. The van der Waals surface area contributed by atoms with Gasteiger partial charge in [-0.1, -0.05) is 6.07 Å². The topological polar surface area (TPSA) is 54.0 Å². The van der Waals surface area contributed by atoms with Crippen molar-refractivity contribution in [3.8, 4) is 5.75 Å². The lowest BCUT2D eigenvalue weighted by atomic mass is 10.2. The summed E-state index contributed by atoms with van der Waals surface area (Å²) < 4.78 is 10.4. The third kappa shape index (κ3) is 5.72. The molecule has 0 bridgehead atoms. The molecule has 0 heterocycles. The van der Waals surface area contributed by atoms with Crippen LogP contribution in [0.3, 0.4) is 0 Å². The van der Waals surface area contributed by atoms with Gasteiger partial charge in [-0.05, 0) is 32.0 Å². The molecule has 0 aliphatic heterocycles. The van der Waals surface area contributed by atoms with Gasteiger partial charge in [0.05, 0.1) is 24.9 Å². The highest BCUT2D eigenvalue weighted by Gasteiger charge is 2.10. The van der Waals surface area contributed by atoms with Gasteiger partial charge < -0.3 is 9.47 Å². The van der Waals surface area contributed by atoms with Gasteiger partial charge in [0.2, 0.25) is 0 Å². The van der Waals surface area contributed by atoms with Crippen molar-refractivity contribution in [1.82, 2.24) is 0 Å². The summed E-state index contributed by atoms with van der Waals surface area (Å²) in [4.78, 5) is 21.2. The quantitative estimate of drug-likeness (QED) is 0.412. The van der Waals surface area contributed by atoms with Crippen LogP contribution in [0.1, 0.15) is 30.6 Å². The van der Waals surface area contributed by atoms with Crippen molar-refractivity contribution < 1.29 is 24.0 Å². The van der Waals surface area contributed by atoms with E-state index in [2.05, 4.69) is 0 Å². The van der Waals surface area contributed by atoms with E-state index in [0.717, 1.165) is 0 Å². The number of rotatable bonds is 8. The van der Waals surface area contributed by atoms with E-state index in [9.17, 15) is 4.79 Å². The van der Waals surface area contributed by atoms with E-state index < -0.39 is 5.97 Å². The first-order valence-corrected chi connectivity index (χ1v) is 6.26. The molecule has 0 aliphatic rings. The van der Waals surface area contributed by atoms with Crippen LogP contribution in [0, 0.1) is 0 Å². The summed E-state index contributed by atoms with van der Waals surface area (Å²) in [5.41, 5.74) is 0.394. The number of methoxy groups -OCH3 is 1. The highest BCUT2D eigenvalue weighted by atomic mass is 17.2. The molecule has 106 valence electrons. The van der Waals surface area contributed by atoms with Gasteiger partial charge in [-0.2, -0.15) is 4.89 Å². The maximum absolute atomic E-state index is 11.7. The van der Waals surface area contributed by atoms with Crippen molar-refractivity contribution in [1.29, 1.82) is 0 Å². The van der Waals surface area contributed by atoms with E-state index in [4.69, 9.17) is 19.2 Å². The molecule has 0 amide bonds. The number of ether oxygens (including phenoxy) is 2. The number of hydrogen-bond donors (Lipinski definition) is 0. The molecule has 5 heteroatoms. The van der Waals surface area contributed by atoms with Crippen molar-refractivity contribution in [2.75, 3.05) is 20.3 Å². The Bertz CT molecular complexity index is 391. The molecule has 0 radical (unpaired) electrons. The summed E-state index contributed by atoms with van der Waals surface area (Å²) in [6.07, 6.45) is 0.725. The Kier molecular flexibility index (Phi) is 6.92. The Morgan fingerprint density at radius 1 is 1.37 bits per heavy atom. The molecule has 0 fully saturated rings. The van der Waals surface area contributed by atoms with Crippen LogP contribution in [0.15, 0.2) is 24.3 Å². The zero-order chi connectivity index (χ0) is 14.1. The van der Waals surface area contributed by atoms with Gasteiger partial charge in [-0.3, -0.25) is 4.89 Å². The minimum absolute atomic E-state index is 0.0694. The van der Waals surface area contributed by atoms with E-state index in [1.54, 1.807) is 31.4 Å². The Morgan fingerprint density at radius 3 is 2.84 bits per heavy atom. The third-order valence-corrected chi connectivity index (χ3v) is 2.53. The molecule has 1 aromatic carbocycles. The average Bonchev–Trinajstić information content (AvgIpc) is 2.43. The second-order valence-electron chi connectivity index (χ2n) is 3.99. The summed E-state index contributed by atoms with van der Waals surface area (Å²) >= 11 is 0. The second-order valence-corrected chi connectivity index (χ2v) is 3.99. The minimum atomic E-state index is -0.536. The van der Waals surface area contributed by atoms with Crippen LogP contribution in [0.4, 0.5) is 0 Å². The number of hydrogen-bond acceptors (Lipinski definition) is 5. The molecule has 1 unspecified atom stereocenters. The summed E-state index contributed by atoms with van der Waals surface area (Å²) in [5.74, 6) is 0.0941. The van der Waals surface area contributed by atoms with E-state index in [-0.39, 0.29) is 6.10 Å². The predicted octanol–water partition coefficient (Wildman–Crippen LogP) is 2.60. The van der Waals surface area contributed by atoms with Gasteiger partial charge >= 0.3 is 5.97 Å². The standard InChI is InChI=1S/C14H20O5/c1-4-17-13-7-5-6-12(10-13)14(15)19-18-9-8-11(2)16-3/h5-7,10-11H,4,8-9H2,1-3H3. The smallest absolute Gasteiger partial charge is 0.373 e. The molecule has 0 aliphatic carbocycles. The first-order chi connectivity index (χ1) is 9.17. The van der Waals surface area contributed by atoms with Crippen molar-refractivity contribution in [3.05, 3.63) is 29.8 Å². The van der Waals surface area contributed by atoms with Gasteiger partial charge in [0.25, 0.3) is 0 Å². The lowest BCUT2D eigenvalue weighted by Gasteiger charge is -2.09. The van der Waals surface area contributed by atoms with Gasteiger partial charge in [0.15, 0.2) is 0 Å². The zero-order valence-corrected chi connectivity index (χ0v) is 11.5. The van der Waals surface area contributed by atoms with Crippen LogP contribution in [0.2, 0.25) is 0 Å². The van der Waals surface area contributed by atoms with Crippen molar-refractivity contribution in [3.63, 3.8) is 0 Å². The third-order valence-electron chi connectivity index (χ3n) is 2.53. The predicted molar refractivity (Wildman–Crippen MR) is 70.1 cm³/mol. The molecule has 19 heavy (non-hydrogen) atoms. The lowest BCUT2D eigenvalue weighted by Crippen LogP contribution is -2.12. The van der Waals surface area contributed by atoms with Crippen molar-refractivity contribution in [2.24, 2.45) is 0 Å². The van der Waals surface area contributed by atoms with E-state index in [0.29, 0.717) is 30.9 Å². The molecule has 1 rings (SSSR count). The second kappa shape index (κ2) is 8.50. The fourth-order valence-electron chi connectivity index (χ4n) is 1.35. The van der Waals surface area contributed by atoms with Crippen LogP contribution in [0.25, 0.3) is 0 Å². The van der Waals surface area contributed by atoms with Crippen LogP contribution < -0.4 is 4.74 Å². The molecule has 0 N–H and O–H groups in total. The van der Waals surface area contributed by atoms with Crippen molar-refractivity contribution >= 4 is 5.97 Å². The summed E-state index contributed by atoms with van der Waals surface area (Å²) in [6.45, 7) is 4.64. The Balaban J connectivity index is 2.38.